The van der Waals surface area contributed by atoms with Gasteiger partial charge in [-0.25, -0.2) is 0 Å². The average molecular weight is 258 g/mol. The number of aliphatic hydroxyl groups excluding tert-OH is 1. The van der Waals surface area contributed by atoms with Crippen molar-refractivity contribution in [2.24, 2.45) is 0 Å². The van der Waals surface area contributed by atoms with Crippen LogP contribution in [0.15, 0.2) is 42.5 Å². The maximum Gasteiger partial charge on any atom is 0.0934 e. The lowest BCUT2D eigenvalue weighted by Gasteiger charge is -2.29. The summed E-state index contributed by atoms with van der Waals surface area (Å²) in [6, 6.07) is 14.6. The van der Waals surface area contributed by atoms with Crippen LogP contribution in [0, 0.1) is 0 Å². The molecule has 0 aromatic heterocycles. The molecule has 1 N–H and O–H groups in total. The minimum Gasteiger partial charge on any atom is -0.387 e. The Bertz CT molecular complexity index is 558. The van der Waals surface area contributed by atoms with Crippen molar-refractivity contribution in [3.8, 4) is 0 Å². The third-order valence-corrected chi connectivity index (χ3v) is 5.50. The Morgan fingerprint density at radius 2 is 1.94 bits per heavy atom. The summed E-state index contributed by atoms with van der Waals surface area (Å²) in [5.74, 6) is 1.17. The summed E-state index contributed by atoms with van der Waals surface area (Å²) in [5.41, 5.74) is 1.05. The number of hydrogen-bond donors (Lipinski definition) is 1. The van der Waals surface area contributed by atoms with E-state index in [0.717, 1.165) is 12.0 Å². The van der Waals surface area contributed by atoms with E-state index < -0.39 is 0 Å². The topological polar surface area (TPSA) is 20.2 Å². The SMILES string of the molecule is CC1(C(O)c2ccc3ccccc3c2)CCCS1. The first-order chi connectivity index (χ1) is 8.69. The number of aliphatic hydroxyl groups is 1. The molecule has 2 heteroatoms. The number of hydrogen-bond acceptors (Lipinski definition) is 2. The van der Waals surface area contributed by atoms with Crippen LogP contribution in [0.1, 0.15) is 31.4 Å². The summed E-state index contributed by atoms with van der Waals surface area (Å²) >= 11 is 1.90. The summed E-state index contributed by atoms with van der Waals surface area (Å²) in [6.07, 6.45) is 1.95. The summed E-state index contributed by atoms with van der Waals surface area (Å²) in [7, 11) is 0. The van der Waals surface area contributed by atoms with Crippen molar-refractivity contribution in [1.29, 1.82) is 0 Å². The maximum absolute atomic E-state index is 10.6. The number of thioether (sulfide) groups is 1. The lowest BCUT2D eigenvalue weighted by atomic mass is 9.91. The second-order valence-corrected chi connectivity index (χ2v) is 6.90. The molecule has 2 aromatic carbocycles. The van der Waals surface area contributed by atoms with Crippen molar-refractivity contribution >= 4 is 22.5 Å². The summed E-state index contributed by atoms with van der Waals surface area (Å²) in [4.78, 5) is 0. The molecule has 1 aliphatic rings. The van der Waals surface area contributed by atoms with Gasteiger partial charge in [-0.1, -0.05) is 36.4 Å². The molecule has 94 valence electrons. The Balaban J connectivity index is 1.98. The molecular weight excluding hydrogens is 240 g/mol. The van der Waals surface area contributed by atoms with Gasteiger partial charge >= 0.3 is 0 Å². The van der Waals surface area contributed by atoms with Crippen LogP contribution in [0.4, 0.5) is 0 Å². The molecule has 0 spiro atoms. The molecule has 2 aromatic rings. The van der Waals surface area contributed by atoms with Gasteiger partial charge in [-0.05, 0) is 47.9 Å². The van der Waals surface area contributed by atoms with Crippen molar-refractivity contribution in [3.63, 3.8) is 0 Å². The minimum absolute atomic E-state index is 0.0115. The average Bonchev–Trinajstić information content (AvgIpc) is 2.85. The van der Waals surface area contributed by atoms with E-state index in [2.05, 4.69) is 37.3 Å². The Labute approximate surface area is 112 Å². The van der Waals surface area contributed by atoms with Gasteiger partial charge in [0.1, 0.15) is 0 Å². The molecule has 3 rings (SSSR count). The fourth-order valence-electron chi connectivity index (χ4n) is 2.75. The number of benzene rings is 2. The van der Waals surface area contributed by atoms with E-state index in [1.54, 1.807) is 0 Å². The first-order valence-corrected chi connectivity index (χ1v) is 7.48. The van der Waals surface area contributed by atoms with Crippen LogP contribution in [-0.4, -0.2) is 15.6 Å². The van der Waals surface area contributed by atoms with E-state index in [-0.39, 0.29) is 10.9 Å². The van der Waals surface area contributed by atoms with Gasteiger partial charge in [0.15, 0.2) is 0 Å². The van der Waals surface area contributed by atoms with Crippen molar-refractivity contribution in [2.45, 2.75) is 30.6 Å². The fraction of sp³-hybridized carbons (Fsp3) is 0.375. The van der Waals surface area contributed by atoms with Gasteiger partial charge < -0.3 is 5.11 Å². The minimum atomic E-state index is -0.366. The normalized spacial score (nSPS) is 25.4. The zero-order valence-corrected chi connectivity index (χ0v) is 11.4. The van der Waals surface area contributed by atoms with E-state index >= 15 is 0 Å². The second kappa shape index (κ2) is 4.60. The van der Waals surface area contributed by atoms with Crippen molar-refractivity contribution in [2.75, 3.05) is 5.75 Å². The molecule has 2 atom stereocenters. The molecule has 1 heterocycles. The van der Waals surface area contributed by atoms with Crippen LogP contribution in [0.2, 0.25) is 0 Å². The van der Waals surface area contributed by atoms with Gasteiger partial charge in [-0.3, -0.25) is 0 Å². The predicted molar refractivity (Wildman–Crippen MR) is 79.0 cm³/mol. The van der Waals surface area contributed by atoms with Crippen LogP contribution >= 0.6 is 11.8 Å². The Hall–Kier alpha value is -0.990. The van der Waals surface area contributed by atoms with Gasteiger partial charge in [-0.15, -0.1) is 0 Å². The molecule has 0 saturated carbocycles. The molecule has 2 unspecified atom stereocenters. The van der Waals surface area contributed by atoms with Gasteiger partial charge in [0, 0.05) is 4.75 Å². The van der Waals surface area contributed by atoms with E-state index in [0.29, 0.717) is 0 Å². The molecule has 1 aliphatic heterocycles. The molecule has 0 bridgehead atoms. The maximum atomic E-state index is 10.6. The van der Waals surface area contributed by atoms with Crippen LogP contribution in [-0.2, 0) is 0 Å². The smallest absolute Gasteiger partial charge is 0.0934 e. The Morgan fingerprint density at radius 3 is 2.67 bits per heavy atom. The first kappa shape index (κ1) is 12.1. The number of fused-ring (bicyclic) bond motifs is 1. The summed E-state index contributed by atoms with van der Waals surface area (Å²) in [6.45, 7) is 2.19. The Kier molecular flexibility index (Phi) is 3.08. The van der Waals surface area contributed by atoms with E-state index in [1.165, 1.54) is 22.9 Å². The molecular formula is C16H18OS. The zero-order valence-electron chi connectivity index (χ0n) is 10.6. The highest BCUT2D eigenvalue weighted by Gasteiger charge is 2.37. The standard InChI is InChI=1S/C16H18OS/c1-16(9-4-10-18-16)15(17)14-8-7-12-5-2-3-6-13(12)11-14/h2-3,5-8,11,15,17H,4,9-10H2,1H3. The summed E-state index contributed by atoms with van der Waals surface area (Å²) < 4.78 is -0.0115. The quantitative estimate of drug-likeness (QED) is 0.873. The first-order valence-electron chi connectivity index (χ1n) is 6.50. The van der Waals surface area contributed by atoms with Crippen LogP contribution in [0.5, 0.6) is 0 Å². The predicted octanol–water partition coefficient (Wildman–Crippen LogP) is 4.16. The van der Waals surface area contributed by atoms with Crippen LogP contribution < -0.4 is 0 Å². The highest BCUT2D eigenvalue weighted by Crippen LogP contribution is 2.46. The molecule has 0 radical (unpaired) electrons. The van der Waals surface area contributed by atoms with E-state index in [4.69, 9.17) is 0 Å². The zero-order chi connectivity index (χ0) is 12.6. The third-order valence-electron chi connectivity index (χ3n) is 3.92. The molecule has 0 aliphatic carbocycles. The highest BCUT2D eigenvalue weighted by atomic mass is 32.2. The van der Waals surface area contributed by atoms with Gasteiger partial charge in [0.2, 0.25) is 0 Å². The van der Waals surface area contributed by atoms with Gasteiger partial charge in [0.05, 0.1) is 6.10 Å². The molecule has 1 fully saturated rings. The lowest BCUT2D eigenvalue weighted by molar-refractivity contribution is 0.135. The highest BCUT2D eigenvalue weighted by molar-refractivity contribution is 8.00. The largest absolute Gasteiger partial charge is 0.387 e. The molecule has 0 amide bonds. The van der Waals surface area contributed by atoms with E-state index in [9.17, 15) is 5.11 Å². The monoisotopic (exact) mass is 258 g/mol. The van der Waals surface area contributed by atoms with Crippen molar-refractivity contribution < 1.29 is 5.11 Å². The molecule has 18 heavy (non-hydrogen) atoms. The van der Waals surface area contributed by atoms with Crippen molar-refractivity contribution in [1.82, 2.24) is 0 Å². The number of rotatable bonds is 2. The van der Waals surface area contributed by atoms with Crippen LogP contribution in [0.3, 0.4) is 0 Å². The molecule has 1 nitrogen and oxygen atoms in total. The van der Waals surface area contributed by atoms with Crippen molar-refractivity contribution in [3.05, 3.63) is 48.0 Å². The summed E-state index contributed by atoms with van der Waals surface area (Å²) in [5, 5.41) is 13.1. The Morgan fingerprint density at radius 1 is 1.17 bits per heavy atom. The second-order valence-electron chi connectivity index (χ2n) is 5.27. The van der Waals surface area contributed by atoms with E-state index in [1.807, 2.05) is 23.9 Å². The lowest BCUT2D eigenvalue weighted by Crippen LogP contribution is -2.26. The van der Waals surface area contributed by atoms with Crippen LogP contribution in [0.25, 0.3) is 10.8 Å². The van der Waals surface area contributed by atoms with Gasteiger partial charge in [0.25, 0.3) is 0 Å². The molecule has 1 saturated heterocycles. The van der Waals surface area contributed by atoms with Gasteiger partial charge in [-0.2, -0.15) is 11.8 Å². The third kappa shape index (κ3) is 2.04. The fourth-order valence-corrected chi connectivity index (χ4v) is 4.08.